The summed E-state index contributed by atoms with van der Waals surface area (Å²) < 4.78 is 18.1. The summed E-state index contributed by atoms with van der Waals surface area (Å²) >= 11 is 0. The Kier molecular flexibility index (Phi) is 2.64. The molecule has 0 saturated carbocycles. The molecule has 0 aliphatic heterocycles. The standard InChI is InChI=1S/C12H10FNO2/c13-8-1-4-10(5-2-8)16-12-6-3-9(15)7-11(12)14/h1-7,15H,14H2. The van der Waals surface area contributed by atoms with Gasteiger partial charge in [-0.2, -0.15) is 0 Å². The highest BCUT2D eigenvalue weighted by atomic mass is 19.1. The van der Waals surface area contributed by atoms with Crippen molar-refractivity contribution in [1.29, 1.82) is 0 Å². The zero-order valence-corrected chi connectivity index (χ0v) is 8.35. The molecule has 2 rings (SSSR count). The smallest absolute Gasteiger partial charge is 0.150 e. The minimum absolute atomic E-state index is 0.0731. The van der Waals surface area contributed by atoms with Crippen LogP contribution < -0.4 is 10.5 Å². The predicted octanol–water partition coefficient (Wildman–Crippen LogP) is 2.91. The van der Waals surface area contributed by atoms with E-state index in [1.165, 1.54) is 36.4 Å². The van der Waals surface area contributed by atoms with Crippen molar-refractivity contribution in [2.24, 2.45) is 0 Å². The summed E-state index contributed by atoms with van der Waals surface area (Å²) in [5.74, 6) is 0.651. The van der Waals surface area contributed by atoms with E-state index in [1.54, 1.807) is 6.07 Å². The molecule has 0 aliphatic carbocycles. The molecule has 0 saturated heterocycles. The average molecular weight is 219 g/mol. The summed E-state index contributed by atoms with van der Waals surface area (Å²) in [5.41, 5.74) is 5.96. The Morgan fingerprint density at radius 1 is 1.06 bits per heavy atom. The Bertz CT molecular complexity index is 497. The Morgan fingerprint density at radius 3 is 2.38 bits per heavy atom. The summed E-state index contributed by atoms with van der Waals surface area (Å²) in [6, 6.07) is 10.0. The van der Waals surface area contributed by atoms with Crippen LogP contribution in [0.5, 0.6) is 17.2 Å². The molecule has 4 heteroatoms. The Hall–Kier alpha value is -2.23. The predicted molar refractivity (Wildman–Crippen MR) is 59.0 cm³/mol. The van der Waals surface area contributed by atoms with Gasteiger partial charge in [0.15, 0.2) is 5.75 Å². The normalized spacial score (nSPS) is 10.1. The molecule has 3 N–H and O–H groups in total. The highest BCUT2D eigenvalue weighted by molar-refractivity contribution is 5.57. The van der Waals surface area contributed by atoms with Gasteiger partial charge in [0.25, 0.3) is 0 Å². The molecule has 0 fully saturated rings. The largest absolute Gasteiger partial charge is 0.508 e. The van der Waals surface area contributed by atoms with Crippen molar-refractivity contribution in [2.45, 2.75) is 0 Å². The molecule has 0 atom stereocenters. The molecule has 0 radical (unpaired) electrons. The second-order valence-corrected chi connectivity index (χ2v) is 3.28. The molecule has 16 heavy (non-hydrogen) atoms. The van der Waals surface area contributed by atoms with Crippen LogP contribution >= 0.6 is 0 Å². The number of nitrogens with two attached hydrogens (primary N) is 1. The molecule has 3 nitrogen and oxygen atoms in total. The highest BCUT2D eigenvalue weighted by Gasteiger charge is 2.03. The van der Waals surface area contributed by atoms with Gasteiger partial charge < -0.3 is 15.6 Å². The fraction of sp³-hybridized carbons (Fsp3) is 0. The second-order valence-electron chi connectivity index (χ2n) is 3.28. The molecule has 0 spiro atoms. The molecule has 0 unspecified atom stereocenters. The summed E-state index contributed by atoms with van der Waals surface area (Å²) in [4.78, 5) is 0. The number of phenols is 1. The molecule has 2 aromatic rings. The highest BCUT2D eigenvalue weighted by Crippen LogP contribution is 2.29. The first-order valence-corrected chi connectivity index (χ1v) is 4.67. The average Bonchev–Trinajstić information content (AvgIpc) is 2.25. The van der Waals surface area contributed by atoms with E-state index in [0.717, 1.165) is 0 Å². The van der Waals surface area contributed by atoms with E-state index in [1.807, 2.05) is 0 Å². The van der Waals surface area contributed by atoms with Crippen LogP contribution in [0.2, 0.25) is 0 Å². The lowest BCUT2D eigenvalue weighted by molar-refractivity contribution is 0.465. The molecule has 0 heterocycles. The fourth-order valence-corrected chi connectivity index (χ4v) is 1.26. The van der Waals surface area contributed by atoms with Crippen LogP contribution in [-0.4, -0.2) is 5.11 Å². The quantitative estimate of drug-likeness (QED) is 0.763. The van der Waals surface area contributed by atoms with E-state index in [2.05, 4.69) is 0 Å². The topological polar surface area (TPSA) is 55.5 Å². The van der Waals surface area contributed by atoms with Gasteiger partial charge in [-0.25, -0.2) is 4.39 Å². The number of ether oxygens (including phenoxy) is 1. The number of halogens is 1. The molecule has 82 valence electrons. The first-order chi connectivity index (χ1) is 7.65. The molecule has 2 aromatic carbocycles. The fourth-order valence-electron chi connectivity index (χ4n) is 1.26. The van der Waals surface area contributed by atoms with E-state index in [0.29, 0.717) is 17.2 Å². The number of hydrogen-bond acceptors (Lipinski definition) is 3. The minimum Gasteiger partial charge on any atom is -0.508 e. The Balaban J connectivity index is 2.23. The molecular weight excluding hydrogens is 209 g/mol. The van der Waals surface area contributed by atoms with Crippen molar-refractivity contribution in [3.05, 3.63) is 48.3 Å². The van der Waals surface area contributed by atoms with Gasteiger partial charge in [-0.15, -0.1) is 0 Å². The van der Waals surface area contributed by atoms with E-state index in [9.17, 15) is 4.39 Å². The lowest BCUT2D eigenvalue weighted by atomic mass is 10.3. The van der Waals surface area contributed by atoms with Gasteiger partial charge in [-0.3, -0.25) is 0 Å². The maximum Gasteiger partial charge on any atom is 0.150 e. The second kappa shape index (κ2) is 4.10. The number of aromatic hydroxyl groups is 1. The number of nitrogen functional groups attached to an aromatic ring is 1. The maximum absolute atomic E-state index is 12.6. The van der Waals surface area contributed by atoms with Crippen molar-refractivity contribution in [1.82, 2.24) is 0 Å². The van der Waals surface area contributed by atoms with Gasteiger partial charge in [0, 0.05) is 6.07 Å². The van der Waals surface area contributed by atoms with Crippen LogP contribution in [0.15, 0.2) is 42.5 Å². The molecular formula is C12H10FNO2. The van der Waals surface area contributed by atoms with Crippen LogP contribution in [0.4, 0.5) is 10.1 Å². The van der Waals surface area contributed by atoms with Crippen molar-refractivity contribution in [3.8, 4) is 17.2 Å². The van der Waals surface area contributed by atoms with Crippen LogP contribution in [0, 0.1) is 5.82 Å². The third kappa shape index (κ3) is 2.23. The van der Waals surface area contributed by atoms with Gasteiger partial charge in [0.2, 0.25) is 0 Å². The zero-order chi connectivity index (χ0) is 11.5. The van der Waals surface area contributed by atoms with Gasteiger partial charge in [-0.1, -0.05) is 0 Å². The maximum atomic E-state index is 12.6. The summed E-state index contributed by atoms with van der Waals surface area (Å²) in [6.45, 7) is 0. The first-order valence-electron chi connectivity index (χ1n) is 4.67. The number of benzene rings is 2. The van der Waals surface area contributed by atoms with Gasteiger partial charge in [-0.05, 0) is 36.4 Å². The van der Waals surface area contributed by atoms with Crippen LogP contribution in [0.3, 0.4) is 0 Å². The van der Waals surface area contributed by atoms with Crippen molar-refractivity contribution >= 4 is 5.69 Å². The van der Waals surface area contributed by atoms with Crippen LogP contribution in [-0.2, 0) is 0 Å². The van der Waals surface area contributed by atoms with Crippen LogP contribution in [0.1, 0.15) is 0 Å². The Labute approximate surface area is 91.9 Å². The zero-order valence-electron chi connectivity index (χ0n) is 8.35. The number of rotatable bonds is 2. The van der Waals surface area contributed by atoms with Crippen molar-refractivity contribution in [2.75, 3.05) is 5.73 Å². The number of phenolic OH excluding ortho intramolecular Hbond substituents is 1. The van der Waals surface area contributed by atoms with Crippen molar-refractivity contribution in [3.63, 3.8) is 0 Å². The van der Waals surface area contributed by atoms with Crippen LogP contribution in [0.25, 0.3) is 0 Å². The number of anilines is 1. The van der Waals surface area contributed by atoms with E-state index in [-0.39, 0.29) is 11.6 Å². The molecule has 0 bridgehead atoms. The third-order valence-electron chi connectivity index (χ3n) is 2.03. The van der Waals surface area contributed by atoms with E-state index in [4.69, 9.17) is 15.6 Å². The monoisotopic (exact) mass is 219 g/mol. The Morgan fingerprint density at radius 2 is 1.75 bits per heavy atom. The summed E-state index contributed by atoms with van der Waals surface area (Å²) in [5, 5.41) is 9.15. The van der Waals surface area contributed by atoms with Gasteiger partial charge in [0.1, 0.15) is 17.3 Å². The molecule has 0 amide bonds. The summed E-state index contributed by atoms with van der Waals surface area (Å²) in [6.07, 6.45) is 0. The number of hydrogen-bond donors (Lipinski definition) is 2. The van der Waals surface area contributed by atoms with Crippen molar-refractivity contribution < 1.29 is 14.2 Å². The summed E-state index contributed by atoms with van der Waals surface area (Å²) in [7, 11) is 0. The lowest BCUT2D eigenvalue weighted by Crippen LogP contribution is -1.91. The van der Waals surface area contributed by atoms with E-state index >= 15 is 0 Å². The molecule has 0 aromatic heterocycles. The van der Waals surface area contributed by atoms with Gasteiger partial charge in [0.05, 0.1) is 5.69 Å². The molecule has 0 aliphatic rings. The first kappa shape index (κ1) is 10.3. The third-order valence-corrected chi connectivity index (χ3v) is 2.03. The lowest BCUT2D eigenvalue weighted by Gasteiger charge is -2.08. The minimum atomic E-state index is -0.328. The SMILES string of the molecule is Nc1cc(O)ccc1Oc1ccc(F)cc1. The van der Waals surface area contributed by atoms with Gasteiger partial charge >= 0.3 is 0 Å². The van der Waals surface area contributed by atoms with E-state index < -0.39 is 0 Å².